The number of hydrogen-bond acceptors (Lipinski definition) is 6. The molecule has 0 fully saturated rings. The highest BCUT2D eigenvalue weighted by Gasteiger charge is 2.16. The summed E-state index contributed by atoms with van der Waals surface area (Å²) in [6.07, 6.45) is 0. The lowest BCUT2D eigenvalue weighted by atomic mass is 10.0. The molecule has 0 aliphatic heterocycles. The van der Waals surface area contributed by atoms with Crippen molar-refractivity contribution < 1.29 is 0 Å². The molecule has 4 N–H and O–H groups in total. The summed E-state index contributed by atoms with van der Waals surface area (Å²) in [6, 6.07) is 28.7. The molecule has 0 amide bonds. The van der Waals surface area contributed by atoms with Gasteiger partial charge in [0.2, 0.25) is 0 Å². The quantitative estimate of drug-likeness (QED) is 0.347. The van der Waals surface area contributed by atoms with Crippen LogP contribution in [-0.4, -0.2) is 9.97 Å². The van der Waals surface area contributed by atoms with E-state index >= 15 is 0 Å². The maximum atomic E-state index is 6.05. The van der Waals surface area contributed by atoms with Crippen molar-refractivity contribution in [3.05, 3.63) is 84.9 Å². The van der Waals surface area contributed by atoms with Gasteiger partial charge >= 0.3 is 0 Å². The molecule has 0 aliphatic carbocycles. The normalized spacial score (nSPS) is 10.9. The van der Waals surface area contributed by atoms with Crippen LogP contribution in [0.4, 0.5) is 10.3 Å². The second-order valence-corrected chi connectivity index (χ2v) is 8.83. The first-order valence-corrected chi connectivity index (χ1v) is 11.1. The van der Waals surface area contributed by atoms with E-state index in [2.05, 4.69) is 58.5 Å². The third-order valence-electron chi connectivity index (χ3n) is 4.79. The largest absolute Gasteiger partial charge is 0.375 e. The standard InChI is InChI=1S/C24H18N4S2/c25-23-27-19(21(29-23)17-7-3-1-4-8-17)15-11-13-16(14-12-15)20-22(30-24(26)28-20)18-9-5-2-6-10-18/h1-14H,(H2,25,27)(H2,26,28). The molecule has 5 rings (SSSR count). The van der Waals surface area contributed by atoms with Crippen molar-refractivity contribution in [1.82, 2.24) is 9.97 Å². The first kappa shape index (κ1) is 18.5. The molecule has 0 saturated heterocycles. The van der Waals surface area contributed by atoms with E-state index in [0.717, 1.165) is 43.4 Å². The molecule has 2 aromatic heterocycles. The Morgan fingerprint density at radius 2 is 0.833 bits per heavy atom. The Morgan fingerprint density at radius 1 is 0.467 bits per heavy atom. The molecule has 0 spiro atoms. The number of rotatable bonds is 4. The number of benzene rings is 3. The van der Waals surface area contributed by atoms with E-state index in [-0.39, 0.29) is 0 Å². The Bertz CT molecular complexity index is 1190. The molecule has 0 atom stereocenters. The smallest absolute Gasteiger partial charge is 0.181 e. The van der Waals surface area contributed by atoms with Crippen molar-refractivity contribution in [3.8, 4) is 43.4 Å². The van der Waals surface area contributed by atoms with Crippen LogP contribution in [-0.2, 0) is 0 Å². The highest BCUT2D eigenvalue weighted by molar-refractivity contribution is 7.19. The number of thiazole rings is 2. The highest BCUT2D eigenvalue weighted by Crippen LogP contribution is 2.40. The maximum Gasteiger partial charge on any atom is 0.181 e. The number of nitrogens with two attached hydrogens (primary N) is 2. The number of aromatic nitrogens is 2. The zero-order valence-corrected chi connectivity index (χ0v) is 17.6. The van der Waals surface area contributed by atoms with E-state index in [9.17, 15) is 0 Å². The summed E-state index contributed by atoms with van der Waals surface area (Å²) in [5.74, 6) is 0. The van der Waals surface area contributed by atoms with Crippen LogP contribution in [0.25, 0.3) is 43.4 Å². The fourth-order valence-electron chi connectivity index (χ4n) is 3.42. The zero-order valence-electron chi connectivity index (χ0n) is 15.9. The average molecular weight is 427 g/mol. The van der Waals surface area contributed by atoms with Gasteiger partial charge in [0, 0.05) is 11.1 Å². The summed E-state index contributed by atoms with van der Waals surface area (Å²) in [4.78, 5) is 11.3. The van der Waals surface area contributed by atoms with E-state index in [1.807, 2.05) is 36.4 Å². The van der Waals surface area contributed by atoms with Gasteiger partial charge < -0.3 is 11.5 Å². The minimum atomic E-state index is 0.562. The molecule has 6 heteroatoms. The van der Waals surface area contributed by atoms with E-state index in [4.69, 9.17) is 11.5 Å². The predicted molar refractivity (Wildman–Crippen MR) is 128 cm³/mol. The predicted octanol–water partition coefficient (Wildman–Crippen LogP) is 6.43. The molecule has 0 saturated carbocycles. The van der Waals surface area contributed by atoms with Crippen LogP contribution < -0.4 is 11.5 Å². The Labute approximate surface area is 182 Å². The molecule has 4 nitrogen and oxygen atoms in total. The van der Waals surface area contributed by atoms with Crippen LogP contribution in [0, 0.1) is 0 Å². The Morgan fingerprint density at radius 3 is 1.20 bits per heavy atom. The van der Waals surface area contributed by atoms with Crippen LogP contribution in [0.15, 0.2) is 84.9 Å². The van der Waals surface area contributed by atoms with Gasteiger partial charge in [0.1, 0.15) is 0 Å². The monoisotopic (exact) mass is 426 g/mol. The molecule has 30 heavy (non-hydrogen) atoms. The van der Waals surface area contributed by atoms with Gasteiger partial charge in [-0.05, 0) is 11.1 Å². The van der Waals surface area contributed by atoms with Crippen molar-refractivity contribution >= 4 is 32.9 Å². The maximum absolute atomic E-state index is 6.05. The van der Waals surface area contributed by atoms with E-state index in [1.54, 1.807) is 0 Å². The van der Waals surface area contributed by atoms with Crippen molar-refractivity contribution in [2.75, 3.05) is 11.5 Å². The lowest BCUT2D eigenvalue weighted by molar-refractivity contribution is 1.39. The molecule has 3 aromatic carbocycles. The zero-order chi connectivity index (χ0) is 20.5. The molecule has 2 heterocycles. The molecular weight excluding hydrogens is 408 g/mol. The third kappa shape index (κ3) is 3.47. The number of nitrogen functional groups attached to an aromatic ring is 2. The van der Waals surface area contributed by atoms with Crippen LogP contribution in [0.1, 0.15) is 0 Å². The van der Waals surface area contributed by atoms with Gasteiger partial charge in [-0.15, -0.1) is 0 Å². The van der Waals surface area contributed by atoms with Gasteiger partial charge in [0.15, 0.2) is 10.3 Å². The summed E-state index contributed by atoms with van der Waals surface area (Å²) in [5.41, 5.74) is 18.2. The topological polar surface area (TPSA) is 77.8 Å². The van der Waals surface area contributed by atoms with Crippen molar-refractivity contribution in [1.29, 1.82) is 0 Å². The van der Waals surface area contributed by atoms with Gasteiger partial charge in [-0.1, -0.05) is 108 Å². The molecule has 146 valence electrons. The number of hydrogen-bond donors (Lipinski definition) is 2. The minimum Gasteiger partial charge on any atom is -0.375 e. The van der Waals surface area contributed by atoms with Gasteiger partial charge in [-0.3, -0.25) is 0 Å². The van der Waals surface area contributed by atoms with Crippen LogP contribution >= 0.6 is 22.7 Å². The second kappa shape index (κ2) is 7.74. The summed E-state index contributed by atoms with van der Waals surface area (Å²) in [5, 5.41) is 1.12. The molecule has 0 radical (unpaired) electrons. The van der Waals surface area contributed by atoms with Crippen molar-refractivity contribution in [3.63, 3.8) is 0 Å². The van der Waals surface area contributed by atoms with Crippen molar-refractivity contribution in [2.45, 2.75) is 0 Å². The Hall–Kier alpha value is -3.48. The van der Waals surface area contributed by atoms with Crippen LogP contribution in [0.3, 0.4) is 0 Å². The lowest BCUT2D eigenvalue weighted by Crippen LogP contribution is -1.87. The van der Waals surface area contributed by atoms with Crippen LogP contribution in [0.5, 0.6) is 0 Å². The van der Waals surface area contributed by atoms with Gasteiger partial charge in [0.05, 0.1) is 21.1 Å². The average Bonchev–Trinajstić information content (AvgIpc) is 3.38. The summed E-state index contributed by atoms with van der Waals surface area (Å²) < 4.78 is 0. The lowest BCUT2D eigenvalue weighted by Gasteiger charge is -2.06. The Balaban J connectivity index is 1.55. The van der Waals surface area contributed by atoms with Crippen molar-refractivity contribution in [2.24, 2.45) is 0 Å². The van der Waals surface area contributed by atoms with Crippen LogP contribution in [0.2, 0.25) is 0 Å². The minimum absolute atomic E-state index is 0.562. The summed E-state index contributed by atoms with van der Waals surface area (Å²) >= 11 is 3.01. The summed E-state index contributed by atoms with van der Waals surface area (Å²) in [7, 11) is 0. The highest BCUT2D eigenvalue weighted by atomic mass is 32.1. The third-order valence-corrected chi connectivity index (χ3v) is 6.66. The SMILES string of the molecule is Nc1nc(-c2ccc(-c3nc(N)sc3-c3ccccc3)cc2)c(-c2ccccc2)s1. The Kier molecular flexibility index (Phi) is 4.78. The first-order chi connectivity index (χ1) is 14.7. The molecule has 0 bridgehead atoms. The van der Waals surface area contributed by atoms with E-state index in [1.165, 1.54) is 22.7 Å². The number of nitrogens with zero attached hydrogens (tertiary/aromatic N) is 2. The van der Waals surface area contributed by atoms with Gasteiger partial charge in [0.25, 0.3) is 0 Å². The summed E-state index contributed by atoms with van der Waals surface area (Å²) in [6.45, 7) is 0. The molecule has 0 unspecified atom stereocenters. The molecule has 0 aliphatic rings. The van der Waals surface area contributed by atoms with E-state index in [0.29, 0.717) is 10.3 Å². The fraction of sp³-hybridized carbons (Fsp3) is 0. The fourth-order valence-corrected chi connectivity index (χ4v) is 5.14. The second-order valence-electron chi connectivity index (χ2n) is 6.77. The first-order valence-electron chi connectivity index (χ1n) is 9.43. The van der Waals surface area contributed by atoms with Gasteiger partial charge in [-0.25, -0.2) is 9.97 Å². The van der Waals surface area contributed by atoms with E-state index < -0.39 is 0 Å². The molecular formula is C24H18N4S2. The van der Waals surface area contributed by atoms with Gasteiger partial charge in [-0.2, -0.15) is 0 Å². The molecule has 5 aromatic rings. The number of anilines is 2.